The topological polar surface area (TPSA) is 58.0 Å². The average molecular weight is 177 g/mol. The van der Waals surface area contributed by atoms with Gasteiger partial charge in [0.1, 0.15) is 5.75 Å². The van der Waals surface area contributed by atoms with Crippen molar-refractivity contribution in [1.82, 2.24) is 0 Å². The standard InChI is InChI=1S/C9H11N3O/c1-6-4-8(11-12-10)9(13-3)5-7(6)2/h4-5H,1-3H3. The Morgan fingerprint density at radius 1 is 1.31 bits per heavy atom. The molecule has 0 aliphatic heterocycles. The Kier molecular flexibility index (Phi) is 2.77. The molecule has 0 spiro atoms. The molecule has 0 atom stereocenters. The smallest absolute Gasteiger partial charge is 0.128 e. The van der Waals surface area contributed by atoms with Gasteiger partial charge >= 0.3 is 0 Å². The number of hydrogen-bond acceptors (Lipinski definition) is 2. The lowest BCUT2D eigenvalue weighted by Crippen LogP contribution is -1.87. The third kappa shape index (κ3) is 1.92. The van der Waals surface area contributed by atoms with Crippen molar-refractivity contribution < 1.29 is 4.74 Å². The van der Waals surface area contributed by atoms with Crippen LogP contribution in [-0.2, 0) is 0 Å². The number of methoxy groups -OCH3 is 1. The van der Waals surface area contributed by atoms with E-state index in [2.05, 4.69) is 10.0 Å². The number of nitrogens with zero attached hydrogens (tertiary/aromatic N) is 3. The van der Waals surface area contributed by atoms with Crippen LogP contribution >= 0.6 is 0 Å². The van der Waals surface area contributed by atoms with Crippen molar-refractivity contribution in [1.29, 1.82) is 0 Å². The van der Waals surface area contributed by atoms with Crippen molar-refractivity contribution in [3.8, 4) is 5.75 Å². The number of aryl methyl sites for hydroxylation is 2. The van der Waals surface area contributed by atoms with Gasteiger partial charge in [-0.3, -0.25) is 0 Å². The van der Waals surface area contributed by atoms with Crippen LogP contribution in [0, 0.1) is 13.8 Å². The highest BCUT2D eigenvalue weighted by molar-refractivity contribution is 5.55. The van der Waals surface area contributed by atoms with Gasteiger partial charge in [0, 0.05) is 4.91 Å². The molecule has 0 aromatic heterocycles. The molecule has 0 unspecified atom stereocenters. The summed E-state index contributed by atoms with van der Waals surface area (Å²) in [7, 11) is 1.56. The number of azide groups is 1. The summed E-state index contributed by atoms with van der Waals surface area (Å²) in [5.74, 6) is 0.612. The van der Waals surface area contributed by atoms with Gasteiger partial charge in [-0.15, -0.1) is 0 Å². The molecule has 4 nitrogen and oxygen atoms in total. The molecular formula is C9H11N3O. The second-order valence-corrected chi connectivity index (χ2v) is 2.80. The van der Waals surface area contributed by atoms with E-state index in [1.807, 2.05) is 26.0 Å². The summed E-state index contributed by atoms with van der Waals surface area (Å²) < 4.78 is 5.07. The predicted octanol–water partition coefficient (Wildman–Crippen LogP) is 3.25. The largest absolute Gasteiger partial charge is 0.496 e. The SMILES string of the molecule is COc1cc(C)c(C)cc1N=[N+]=[N-]. The predicted molar refractivity (Wildman–Crippen MR) is 51.3 cm³/mol. The van der Waals surface area contributed by atoms with Crippen LogP contribution in [0.2, 0.25) is 0 Å². The Hall–Kier alpha value is -1.67. The van der Waals surface area contributed by atoms with Gasteiger partial charge in [0.2, 0.25) is 0 Å². The van der Waals surface area contributed by atoms with Crippen LogP contribution in [0.3, 0.4) is 0 Å². The molecule has 0 bridgehead atoms. The van der Waals surface area contributed by atoms with Crippen LogP contribution in [0.25, 0.3) is 10.4 Å². The number of benzene rings is 1. The van der Waals surface area contributed by atoms with Gasteiger partial charge in [0.25, 0.3) is 0 Å². The van der Waals surface area contributed by atoms with Gasteiger partial charge in [-0.05, 0) is 42.6 Å². The first-order valence-electron chi connectivity index (χ1n) is 3.89. The minimum atomic E-state index is 0.535. The number of ether oxygens (including phenoxy) is 1. The minimum Gasteiger partial charge on any atom is -0.496 e. The lowest BCUT2D eigenvalue weighted by Gasteiger charge is -2.07. The summed E-state index contributed by atoms with van der Waals surface area (Å²) in [6.45, 7) is 3.95. The molecule has 4 heteroatoms. The third-order valence-corrected chi connectivity index (χ3v) is 1.95. The second-order valence-electron chi connectivity index (χ2n) is 2.80. The normalized spacial score (nSPS) is 9.15. The Bertz CT molecular complexity index is 367. The maximum Gasteiger partial charge on any atom is 0.128 e. The van der Waals surface area contributed by atoms with E-state index < -0.39 is 0 Å². The van der Waals surface area contributed by atoms with Gasteiger partial charge in [0.15, 0.2) is 0 Å². The zero-order chi connectivity index (χ0) is 9.84. The maximum atomic E-state index is 8.30. The lowest BCUT2D eigenvalue weighted by atomic mass is 10.1. The van der Waals surface area contributed by atoms with E-state index in [1.54, 1.807) is 7.11 Å². The van der Waals surface area contributed by atoms with Gasteiger partial charge in [-0.1, -0.05) is 5.11 Å². The molecule has 13 heavy (non-hydrogen) atoms. The fourth-order valence-electron chi connectivity index (χ4n) is 1.06. The van der Waals surface area contributed by atoms with Crippen LogP contribution in [0.5, 0.6) is 5.75 Å². The van der Waals surface area contributed by atoms with E-state index >= 15 is 0 Å². The minimum absolute atomic E-state index is 0.535. The Morgan fingerprint density at radius 2 is 1.92 bits per heavy atom. The molecule has 68 valence electrons. The zero-order valence-corrected chi connectivity index (χ0v) is 7.90. The van der Waals surface area contributed by atoms with Crippen molar-refractivity contribution in [2.45, 2.75) is 13.8 Å². The lowest BCUT2D eigenvalue weighted by molar-refractivity contribution is 0.415. The summed E-state index contributed by atoms with van der Waals surface area (Å²) in [5, 5.41) is 3.53. The molecule has 0 aliphatic rings. The monoisotopic (exact) mass is 177 g/mol. The molecule has 0 radical (unpaired) electrons. The second kappa shape index (κ2) is 3.83. The van der Waals surface area contributed by atoms with Crippen LogP contribution in [0.15, 0.2) is 17.2 Å². The van der Waals surface area contributed by atoms with Crippen molar-refractivity contribution >= 4 is 5.69 Å². The molecule has 0 fully saturated rings. The van der Waals surface area contributed by atoms with Gasteiger partial charge in [-0.25, -0.2) is 0 Å². The fraction of sp³-hybridized carbons (Fsp3) is 0.333. The first-order valence-corrected chi connectivity index (χ1v) is 3.89. The maximum absolute atomic E-state index is 8.30. The summed E-state index contributed by atoms with van der Waals surface area (Å²) in [4.78, 5) is 2.73. The molecular weight excluding hydrogens is 166 g/mol. The van der Waals surface area contributed by atoms with E-state index in [1.165, 1.54) is 0 Å². The molecule has 0 saturated carbocycles. The molecule has 0 heterocycles. The summed E-state index contributed by atoms with van der Waals surface area (Å²) in [6, 6.07) is 3.67. The molecule has 0 aliphatic carbocycles. The van der Waals surface area contributed by atoms with Crippen LogP contribution in [-0.4, -0.2) is 7.11 Å². The van der Waals surface area contributed by atoms with Crippen LogP contribution in [0.1, 0.15) is 11.1 Å². The quantitative estimate of drug-likeness (QED) is 0.388. The number of rotatable bonds is 2. The van der Waals surface area contributed by atoms with E-state index in [0.717, 1.165) is 11.1 Å². The first-order chi connectivity index (χ1) is 6.19. The molecule has 0 saturated heterocycles. The molecule has 1 aromatic rings. The molecule has 0 N–H and O–H groups in total. The zero-order valence-electron chi connectivity index (χ0n) is 7.90. The first kappa shape index (κ1) is 9.42. The van der Waals surface area contributed by atoms with E-state index in [0.29, 0.717) is 11.4 Å². The van der Waals surface area contributed by atoms with E-state index in [9.17, 15) is 0 Å². The van der Waals surface area contributed by atoms with Gasteiger partial charge in [0.05, 0.1) is 12.8 Å². The van der Waals surface area contributed by atoms with E-state index in [-0.39, 0.29) is 0 Å². The Labute approximate surface area is 76.8 Å². The van der Waals surface area contributed by atoms with E-state index in [4.69, 9.17) is 10.3 Å². The fourth-order valence-corrected chi connectivity index (χ4v) is 1.06. The summed E-state index contributed by atoms with van der Waals surface area (Å²) in [6.07, 6.45) is 0. The highest BCUT2D eigenvalue weighted by atomic mass is 16.5. The molecule has 1 aromatic carbocycles. The van der Waals surface area contributed by atoms with Gasteiger partial charge in [-0.2, -0.15) is 0 Å². The van der Waals surface area contributed by atoms with Crippen LogP contribution in [0.4, 0.5) is 5.69 Å². The van der Waals surface area contributed by atoms with Crippen LogP contribution < -0.4 is 4.74 Å². The highest BCUT2D eigenvalue weighted by Gasteiger charge is 2.03. The Balaban J connectivity index is 3.32. The summed E-state index contributed by atoms with van der Waals surface area (Å²) >= 11 is 0. The third-order valence-electron chi connectivity index (χ3n) is 1.95. The number of hydrogen-bond donors (Lipinski definition) is 0. The van der Waals surface area contributed by atoms with Gasteiger partial charge < -0.3 is 4.74 Å². The Morgan fingerprint density at radius 3 is 2.46 bits per heavy atom. The summed E-state index contributed by atoms with van der Waals surface area (Å²) in [5.41, 5.74) is 11.0. The molecule has 0 amide bonds. The average Bonchev–Trinajstić information content (AvgIpc) is 2.11. The van der Waals surface area contributed by atoms with Crippen molar-refractivity contribution in [2.24, 2.45) is 5.11 Å². The van der Waals surface area contributed by atoms with Crippen molar-refractivity contribution in [3.05, 3.63) is 33.7 Å². The highest BCUT2D eigenvalue weighted by Crippen LogP contribution is 2.30. The van der Waals surface area contributed by atoms with Crippen molar-refractivity contribution in [3.63, 3.8) is 0 Å². The van der Waals surface area contributed by atoms with Crippen molar-refractivity contribution in [2.75, 3.05) is 7.11 Å². The molecule has 1 rings (SSSR count).